The van der Waals surface area contributed by atoms with Crippen molar-refractivity contribution in [3.8, 4) is 0 Å². The Hall–Kier alpha value is -3.48. The lowest BCUT2D eigenvalue weighted by atomic mass is 10.1. The van der Waals surface area contributed by atoms with E-state index in [2.05, 4.69) is 5.10 Å². The molecule has 0 saturated heterocycles. The monoisotopic (exact) mass is 405 g/mol. The summed E-state index contributed by atoms with van der Waals surface area (Å²) in [6.07, 6.45) is 0.765. The Balaban J connectivity index is 1.59. The molecule has 0 bridgehead atoms. The third kappa shape index (κ3) is 3.36. The minimum Gasteiger partial charge on any atom is -0.451 e. The first-order chi connectivity index (χ1) is 14.4. The predicted molar refractivity (Wildman–Crippen MR) is 114 cm³/mol. The number of hydrogen-bond donors (Lipinski definition) is 0. The van der Waals surface area contributed by atoms with Crippen LogP contribution in [-0.2, 0) is 16.0 Å². The summed E-state index contributed by atoms with van der Waals surface area (Å²) in [6.45, 7) is 5.20. The Labute approximate surface area is 173 Å². The molecule has 7 nitrogen and oxygen atoms in total. The van der Waals surface area contributed by atoms with Gasteiger partial charge in [0.1, 0.15) is 0 Å². The first-order valence-corrected chi connectivity index (χ1v) is 9.97. The molecular formula is C23H23N3O4. The van der Waals surface area contributed by atoms with Gasteiger partial charge in [-0.05, 0) is 44.9 Å². The molecule has 3 aromatic rings. The number of anilines is 1. The van der Waals surface area contributed by atoms with E-state index in [1.165, 1.54) is 4.68 Å². The molecule has 0 spiro atoms. The van der Waals surface area contributed by atoms with E-state index in [1.54, 1.807) is 29.2 Å². The maximum Gasteiger partial charge on any atom is 0.359 e. The topological polar surface area (TPSA) is 81.5 Å². The van der Waals surface area contributed by atoms with Crippen LogP contribution in [0, 0.1) is 0 Å². The van der Waals surface area contributed by atoms with Crippen LogP contribution in [-0.4, -0.2) is 34.3 Å². The number of rotatable bonds is 4. The Morgan fingerprint density at radius 3 is 2.50 bits per heavy atom. The van der Waals surface area contributed by atoms with Gasteiger partial charge in [-0.3, -0.25) is 9.59 Å². The van der Waals surface area contributed by atoms with Crippen molar-refractivity contribution in [3.63, 3.8) is 0 Å². The molecule has 7 heteroatoms. The lowest BCUT2D eigenvalue weighted by molar-refractivity contribution is -0.122. The summed E-state index contributed by atoms with van der Waals surface area (Å²) in [5.74, 6) is -1.02. The molecule has 1 aliphatic rings. The van der Waals surface area contributed by atoms with Crippen LogP contribution in [0.3, 0.4) is 0 Å². The van der Waals surface area contributed by atoms with Crippen molar-refractivity contribution in [3.05, 3.63) is 70.1 Å². The molecule has 0 aliphatic carbocycles. The highest BCUT2D eigenvalue weighted by molar-refractivity contribution is 6.04. The van der Waals surface area contributed by atoms with Crippen molar-refractivity contribution in [1.82, 2.24) is 9.78 Å². The molecular weight excluding hydrogens is 382 g/mol. The minimum absolute atomic E-state index is 0.00426. The van der Waals surface area contributed by atoms with Crippen LogP contribution in [0.5, 0.6) is 0 Å². The summed E-state index contributed by atoms with van der Waals surface area (Å²) >= 11 is 0. The second-order valence-electron chi connectivity index (χ2n) is 7.76. The van der Waals surface area contributed by atoms with Crippen LogP contribution in [0.1, 0.15) is 42.9 Å². The highest BCUT2D eigenvalue weighted by Gasteiger charge is 2.31. The van der Waals surface area contributed by atoms with Gasteiger partial charge in [-0.2, -0.15) is 5.10 Å². The number of nitrogens with zero attached hydrogens (tertiary/aromatic N) is 3. The number of carbonyl (C=O) groups excluding carboxylic acids is 2. The highest BCUT2D eigenvalue weighted by Crippen LogP contribution is 2.31. The minimum atomic E-state index is -0.728. The zero-order valence-electron chi connectivity index (χ0n) is 17.2. The number of fused-ring (bicyclic) bond motifs is 2. The molecule has 1 atom stereocenters. The number of esters is 1. The highest BCUT2D eigenvalue weighted by atomic mass is 16.5. The van der Waals surface area contributed by atoms with Crippen molar-refractivity contribution in [2.75, 3.05) is 11.5 Å². The Morgan fingerprint density at radius 1 is 1.10 bits per heavy atom. The van der Waals surface area contributed by atoms with Crippen molar-refractivity contribution < 1.29 is 14.3 Å². The summed E-state index contributed by atoms with van der Waals surface area (Å²) in [5.41, 5.74) is 1.71. The van der Waals surface area contributed by atoms with Gasteiger partial charge in [-0.1, -0.05) is 36.4 Å². The van der Waals surface area contributed by atoms with E-state index < -0.39 is 12.6 Å². The van der Waals surface area contributed by atoms with Crippen LogP contribution < -0.4 is 10.5 Å². The molecule has 30 heavy (non-hydrogen) atoms. The Bertz CT molecular complexity index is 1200. The molecule has 154 valence electrons. The molecule has 2 aromatic carbocycles. The van der Waals surface area contributed by atoms with Crippen LogP contribution in [0.2, 0.25) is 0 Å². The van der Waals surface area contributed by atoms with Crippen molar-refractivity contribution in [2.45, 2.75) is 39.3 Å². The SMILES string of the molecule is CC(C)n1nc(C(=O)OCC(=O)N2c3ccccc3C[C@H]2C)c2ccccc2c1=O. The second-order valence-corrected chi connectivity index (χ2v) is 7.76. The lowest BCUT2D eigenvalue weighted by Gasteiger charge is -2.22. The maximum atomic E-state index is 12.8. The van der Waals surface area contributed by atoms with Gasteiger partial charge in [0.05, 0.1) is 11.4 Å². The van der Waals surface area contributed by atoms with Gasteiger partial charge in [-0.25, -0.2) is 9.48 Å². The first kappa shape index (κ1) is 19.8. The number of ether oxygens (including phenoxy) is 1. The number of amides is 1. The Morgan fingerprint density at radius 2 is 1.77 bits per heavy atom. The molecule has 2 heterocycles. The van der Waals surface area contributed by atoms with E-state index in [9.17, 15) is 14.4 Å². The van der Waals surface area contributed by atoms with Gasteiger partial charge in [0.25, 0.3) is 11.5 Å². The van der Waals surface area contributed by atoms with E-state index in [4.69, 9.17) is 4.74 Å². The van der Waals surface area contributed by atoms with E-state index in [0.29, 0.717) is 10.8 Å². The summed E-state index contributed by atoms with van der Waals surface area (Å²) in [4.78, 5) is 39.9. The average molecular weight is 405 g/mol. The van der Waals surface area contributed by atoms with Crippen molar-refractivity contribution >= 4 is 28.3 Å². The molecule has 0 unspecified atom stereocenters. The van der Waals surface area contributed by atoms with Crippen molar-refractivity contribution in [1.29, 1.82) is 0 Å². The van der Waals surface area contributed by atoms with E-state index in [1.807, 2.05) is 45.0 Å². The predicted octanol–water partition coefficient (Wildman–Crippen LogP) is 3.11. The van der Waals surface area contributed by atoms with Crippen LogP contribution in [0.25, 0.3) is 10.8 Å². The van der Waals surface area contributed by atoms with Gasteiger partial charge in [0.2, 0.25) is 0 Å². The number of para-hydroxylation sites is 1. The zero-order valence-corrected chi connectivity index (χ0v) is 17.2. The zero-order chi connectivity index (χ0) is 21.4. The lowest BCUT2D eigenvalue weighted by Crippen LogP contribution is -2.39. The first-order valence-electron chi connectivity index (χ1n) is 9.97. The largest absolute Gasteiger partial charge is 0.451 e. The summed E-state index contributed by atoms with van der Waals surface area (Å²) in [5, 5.41) is 5.03. The molecule has 0 fully saturated rings. The standard InChI is InChI=1S/C23H23N3O4/c1-14(2)26-22(28)18-10-6-5-9-17(18)21(24-26)23(29)30-13-20(27)25-15(3)12-16-8-4-7-11-19(16)25/h4-11,14-15H,12-13H2,1-3H3/t15-/m1/s1. The fraction of sp³-hybridized carbons (Fsp3) is 0.304. The number of benzene rings is 2. The molecule has 1 amide bonds. The average Bonchev–Trinajstić information content (AvgIpc) is 3.07. The fourth-order valence-electron chi connectivity index (χ4n) is 3.92. The van der Waals surface area contributed by atoms with E-state index >= 15 is 0 Å². The van der Waals surface area contributed by atoms with Crippen LogP contribution in [0.4, 0.5) is 5.69 Å². The molecule has 0 radical (unpaired) electrons. The van der Waals surface area contributed by atoms with Gasteiger partial charge >= 0.3 is 5.97 Å². The number of aromatic nitrogens is 2. The second kappa shape index (κ2) is 7.74. The third-order valence-corrected chi connectivity index (χ3v) is 5.31. The fourth-order valence-corrected chi connectivity index (χ4v) is 3.92. The maximum absolute atomic E-state index is 12.8. The molecule has 1 aliphatic heterocycles. The van der Waals surface area contributed by atoms with Gasteiger partial charge in [-0.15, -0.1) is 0 Å². The van der Waals surface area contributed by atoms with Gasteiger partial charge in [0.15, 0.2) is 12.3 Å². The quantitative estimate of drug-likeness (QED) is 0.623. The molecule has 0 saturated carbocycles. The summed E-state index contributed by atoms with van der Waals surface area (Å²) in [7, 11) is 0. The molecule has 0 N–H and O–H groups in total. The third-order valence-electron chi connectivity index (χ3n) is 5.31. The molecule has 1 aromatic heterocycles. The van der Waals surface area contributed by atoms with Crippen molar-refractivity contribution in [2.24, 2.45) is 0 Å². The van der Waals surface area contributed by atoms with E-state index in [-0.39, 0.29) is 29.2 Å². The van der Waals surface area contributed by atoms with Gasteiger partial charge < -0.3 is 9.64 Å². The summed E-state index contributed by atoms with van der Waals surface area (Å²) < 4.78 is 6.60. The van der Waals surface area contributed by atoms with Gasteiger partial charge in [0, 0.05) is 17.1 Å². The van der Waals surface area contributed by atoms with E-state index in [0.717, 1.165) is 17.7 Å². The Kier molecular flexibility index (Phi) is 5.11. The smallest absolute Gasteiger partial charge is 0.359 e. The summed E-state index contributed by atoms with van der Waals surface area (Å²) in [6, 6.07) is 14.3. The van der Waals surface area contributed by atoms with Crippen LogP contribution >= 0.6 is 0 Å². The number of hydrogen-bond acceptors (Lipinski definition) is 5. The molecule has 4 rings (SSSR count). The normalized spacial score (nSPS) is 15.5. The van der Waals surface area contributed by atoms with Crippen LogP contribution in [0.15, 0.2) is 53.3 Å². The number of carbonyl (C=O) groups is 2.